The topological polar surface area (TPSA) is 59.1 Å². The molecule has 1 aromatic carbocycles. The van der Waals surface area contributed by atoms with Gasteiger partial charge < -0.3 is 19.3 Å². The van der Waals surface area contributed by atoms with E-state index < -0.39 is 0 Å². The Balaban J connectivity index is 1.55. The van der Waals surface area contributed by atoms with Gasteiger partial charge in [0.1, 0.15) is 0 Å². The van der Waals surface area contributed by atoms with Gasteiger partial charge >= 0.3 is 0 Å². The Morgan fingerprint density at radius 2 is 1.69 bits per heavy atom. The Hall–Kier alpha value is -2.21. The zero-order chi connectivity index (χ0) is 20.8. The van der Waals surface area contributed by atoms with E-state index in [2.05, 4.69) is 0 Å². The lowest BCUT2D eigenvalue weighted by Crippen LogP contribution is -2.45. The highest BCUT2D eigenvalue weighted by atomic mass is 35.5. The molecule has 158 valence electrons. The van der Waals surface area contributed by atoms with E-state index in [1.807, 2.05) is 4.90 Å². The molecule has 2 heterocycles. The van der Waals surface area contributed by atoms with Crippen LogP contribution < -0.4 is 9.47 Å². The van der Waals surface area contributed by atoms with Gasteiger partial charge in [-0.05, 0) is 55.9 Å². The molecule has 0 aromatic heterocycles. The van der Waals surface area contributed by atoms with Crippen LogP contribution in [0.4, 0.5) is 0 Å². The van der Waals surface area contributed by atoms with Crippen molar-refractivity contribution in [1.82, 2.24) is 9.80 Å². The van der Waals surface area contributed by atoms with Gasteiger partial charge in [0.05, 0.1) is 19.2 Å². The molecule has 6 nitrogen and oxygen atoms in total. The van der Waals surface area contributed by atoms with Gasteiger partial charge in [0.15, 0.2) is 11.5 Å². The summed E-state index contributed by atoms with van der Waals surface area (Å²) in [7, 11) is 3.07. The fraction of sp³-hybridized carbons (Fsp3) is 0.545. The third kappa shape index (κ3) is 5.24. The molecule has 2 aliphatic rings. The summed E-state index contributed by atoms with van der Waals surface area (Å²) in [6, 6.07) is 3.51. The van der Waals surface area contributed by atoms with Crippen LogP contribution >= 0.6 is 11.6 Å². The highest BCUT2D eigenvalue weighted by Crippen LogP contribution is 2.36. The number of hydrogen-bond donors (Lipinski definition) is 0. The standard InChI is InChI=1S/C22H29ClN2O4/c1-28-19-15-16(14-18(23)21(19)29-2)6-7-20(26)24-12-8-17(9-13-24)22(27)25-10-4-3-5-11-25/h6-7,14-15,17H,3-5,8-13H2,1-2H3/b7-6+. The molecule has 2 fully saturated rings. The number of likely N-dealkylation sites (tertiary alicyclic amines) is 2. The van der Waals surface area contributed by atoms with E-state index in [4.69, 9.17) is 21.1 Å². The molecule has 3 rings (SSSR count). The van der Waals surface area contributed by atoms with E-state index in [1.54, 1.807) is 36.3 Å². The van der Waals surface area contributed by atoms with Crippen molar-refractivity contribution in [3.63, 3.8) is 0 Å². The van der Waals surface area contributed by atoms with Gasteiger partial charge in [-0.1, -0.05) is 11.6 Å². The zero-order valence-corrected chi connectivity index (χ0v) is 17.9. The highest BCUT2D eigenvalue weighted by Gasteiger charge is 2.30. The lowest BCUT2D eigenvalue weighted by atomic mass is 9.94. The van der Waals surface area contributed by atoms with Gasteiger partial charge in [-0.25, -0.2) is 0 Å². The molecule has 0 spiro atoms. The molecule has 29 heavy (non-hydrogen) atoms. The van der Waals surface area contributed by atoms with E-state index in [-0.39, 0.29) is 17.7 Å². The molecule has 0 saturated carbocycles. The summed E-state index contributed by atoms with van der Waals surface area (Å²) in [6.45, 7) is 2.99. The average Bonchev–Trinajstić information content (AvgIpc) is 2.77. The van der Waals surface area contributed by atoms with Crippen molar-refractivity contribution in [3.8, 4) is 11.5 Å². The number of piperidine rings is 2. The van der Waals surface area contributed by atoms with Crippen LogP contribution in [0, 0.1) is 5.92 Å². The number of carbonyl (C=O) groups excluding carboxylic acids is 2. The molecule has 7 heteroatoms. The van der Waals surface area contributed by atoms with Crippen LogP contribution in [0.15, 0.2) is 18.2 Å². The molecule has 2 aliphatic heterocycles. The summed E-state index contributed by atoms with van der Waals surface area (Å²) in [5.41, 5.74) is 0.760. The maximum atomic E-state index is 12.7. The molecule has 2 saturated heterocycles. The first-order chi connectivity index (χ1) is 14.0. The number of benzene rings is 1. The summed E-state index contributed by atoms with van der Waals surface area (Å²) in [5.74, 6) is 1.25. The lowest BCUT2D eigenvalue weighted by Gasteiger charge is -2.35. The smallest absolute Gasteiger partial charge is 0.246 e. The Morgan fingerprint density at radius 1 is 1.00 bits per heavy atom. The Kier molecular flexibility index (Phi) is 7.42. The van der Waals surface area contributed by atoms with Crippen LogP contribution in [0.1, 0.15) is 37.7 Å². The monoisotopic (exact) mass is 420 g/mol. The van der Waals surface area contributed by atoms with Crippen molar-refractivity contribution in [1.29, 1.82) is 0 Å². The van der Waals surface area contributed by atoms with Crippen molar-refractivity contribution in [2.75, 3.05) is 40.4 Å². The van der Waals surface area contributed by atoms with E-state index in [0.717, 1.165) is 44.3 Å². The van der Waals surface area contributed by atoms with Crippen LogP contribution in [0.5, 0.6) is 11.5 Å². The molecule has 0 N–H and O–H groups in total. The molecule has 0 atom stereocenters. The number of nitrogens with zero attached hydrogens (tertiary/aromatic N) is 2. The molecule has 0 radical (unpaired) electrons. The first-order valence-electron chi connectivity index (χ1n) is 10.2. The number of hydrogen-bond acceptors (Lipinski definition) is 4. The predicted octanol–water partition coefficient (Wildman–Crippen LogP) is 3.62. The summed E-state index contributed by atoms with van der Waals surface area (Å²) in [6.07, 6.45) is 8.16. The van der Waals surface area contributed by atoms with Crippen molar-refractivity contribution in [2.24, 2.45) is 5.92 Å². The Bertz CT molecular complexity index is 766. The van der Waals surface area contributed by atoms with Gasteiger partial charge in [-0.2, -0.15) is 0 Å². The van der Waals surface area contributed by atoms with Crippen LogP contribution in [0.2, 0.25) is 5.02 Å². The van der Waals surface area contributed by atoms with E-state index in [9.17, 15) is 9.59 Å². The molecule has 1 aromatic rings. The van der Waals surface area contributed by atoms with E-state index >= 15 is 0 Å². The Labute approximate surface area is 177 Å². The second kappa shape index (κ2) is 10.0. The minimum Gasteiger partial charge on any atom is -0.493 e. The minimum absolute atomic E-state index is 0.0470. The minimum atomic E-state index is -0.0558. The number of rotatable bonds is 5. The summed E-state index contributed by atoms with van der Waals surface area (Å²) >= 11 is 6.22. The molecule has 0 bridgehead atoms. The number of ether oxygens (including phenoxy) is 2. The first kappa shape index (κ1) is 21.5. The van der Waals surface area contributed by atoms with Gasteiger partial charge in [-0.15, -0.1) is 0 Å². The van der Waals surface area contributed by atoms with Crippen molar-refractivity contribution in [2.45, 2.75) is 32.1 Å². The largest absolute Gasteiger partial charge is 0.493 e. The second-order valence-electron chi connectivity index (χ2n) is 7.56. The summed E-state index contributed by atoms with van der Waals surface area (Å²) in [5, 5.41) is 0.427. The second-order valence-corrected chi connectivity index (χ2v) is 7.96. The molecule has 0 aliphatic carbocycles. The van der Waals surface area contributed by atoms with Crippen molar-refractivity contribution in [3.05, 3.63) is 28.8 Å². The Morgan fingerprint density at radius 3 is 2.31 bits per heavy atom. The van der Waals surface area contributed by atoms with Crippen molar-refractivity contribution < 1.29 is 19.1 Å². The third-order valence-electron chi connectivity index (χ3n) is 5.70. The normalized spacial score (nSPS) is 18.2. The maximum Gasteiger partial charge on any atom is 0.246 e. The fourth-order valence-corrected chi connectivity index (χ4v) is 4.32. The average molecular weight is 421 g/mol. The van der Waals surface area contributed by atoms with Crippen LogP contribution in [0.25, 0.3) is 6.08 Å². The first-order valence-corrected chi connectivity index (χ1v) is 10.6. The SMILES string of the molecule is COc1cc(/C=C/C(=O)N2CCC(C(=O)N3CCCCC3)CC2)cc(Cl)c1OC. The quantitative estimate of drug-likeness (QED) is 0.682. The van der Waals surface area contributed by atoms with Crippen LogP contribution in [0.3, 0.4) is 0 Å². The molecule has 2 amide bonds. The van der Waals surface area contributed by atoms with Gasteiger partial charge in [-0.3, -0.25) is 9.59 Å². The van der Waals surface area contributed by atoms with Gasteiger partial charge in [0.2, 0.25) is 11.8 Å². The van der Waals surface area contributed by atoms with E-state index in [0.29, 0.717) is 29.6 Å². The number of methoxy groups -OCH3 is 2. The van der Waals surface area contributed by atoms with Gasteiger partial charge in [0.25, 0.3) is 0 Å². The summed E-state index contributed by atoms with van der Waals surface area (Å²) in [4.78, 5) is 29.0. The van der Waals surface area contributed by atoms with Crippen LogP contribution in [-0.2, 0) is 9.59 Å². The molecular formula is C22H29ClN2O4. The number of carbonyl (C=O) groups is 2. The van der Waals surface area contributed by atoms with Crippen molar-refractivity contribution >= 4 is 29.5 Å². The zero-order valence-electron chi connectivity index (χ0n) is 17.2. The molecular weight excluding hydrogens is 392 g/mol. The number of amides is 2. The maximum absolute atomic E-state index is 12.7. The van der Waals surface area contributed by atoms with Crippen LogP contribution in [-0.4, -0.2) is 62.0 Å². The molecule has 0 unspecified atom stereocenters. The lowest BCUT2D eigenvalue weighted by molar-refractivity contribution is -0.140. The van der Waals surface area contributed by atoms with Gasteiger partial charge in [0, 0.05) is 38.2 Å². The highest BCUT2D eigenvalue weighted by molar-refractivity contribution is 6.32. The number of halogens is 1. The van der Waals surface area contributed by atoms with E-state index in [1.165, 1.54) is 13.5 Å². The fourth-order valence-electron chi connectivity index (χ4n) is 4.03. The predicted molar refractivity (Wildman–Crippen MR) is 113 cm³/mol. The summed E-state index contributed by atoms with van der Waals surface area (Å²) < 4.78 is 10.5. The third-order valence-corrected chi connectivity index (χ3v) is 5.98.